The third-order valence-corrected chi connectivity index (χ3v) is 2.15. The molecular formula is C11H11FN2O2. The third-order valence-electron chi connectivity index (χ3n) is 2.15. The van der Waals surface area contributed by atoms with Crippen molar-refractivity contribution in [2.45, 2.75) is 19.7 Å². The van der Waals surface area contributed by atoms with Crippen LogP contribution in [0, 0.1) is 0 Å². The molecule has 2 rings (SSSR count). The summed E-state index contributed by atoms with van der Waals surface area (Å²) >= 11 is 0. The summed E-state index contributed by atoms with van der Waals surface area (Å²) in [6, 6.07) is 7.06. The molecule has 1 atom stereocenters. The highest BCUT2D eigenvalue weighted by Crippen LogP contribution is 2.21. The fraction of sp³-hybridized carbons (Fsp3) is 0.273. The number of hydrogen-bond acceptors (Lipinski definition) is 4. The second-order valence-corrected chi connectivity index (χ2v) is 3.43. The van der Waals surface area contributed by atoms with E-state index in [1.807, 2.05) is 0 Å². The average molecular weight is 222 g/mol. The standard InChI is InChI=1S/C11H11FN2O2/c1-7(12)11-13-10(14-16-11)9-4-2-3-8(5-9)6-15/h2-5,7,15H,6H2,1H3. The molecule has 1 aromatic heterocycles. The summed E-state index contributed by atoms with van der Waals surface area (Å²) in [7, 11) is 0. The molecule has 0 aliphatic rings. The van der Waals surface area contributed by atoms with Gasteiger partial charge in [-0.2, -0.15) is 4.98 Å². The number of halogens is 1. The molecule has 5 heteroatoms. The van der Waals surface area contributed by atoms with Gasteiger partial charge in [-0.1, -0.05) is 23.4 Å². The van der Waals surface area contributed by atoms with Crippen molar-refractivity contribution < 1.29 is 14.0 Å². The zero-order valence-corrected chi connectivity index (χ0v) is 8.72. The first-order valence-corrected chi connectivity index (χ1v) is 4.88. The smallest absolute Gasteiger partial charge is 0.261 e. The van der Waals surface area contributed by atoms with E-state index >= 15 is 0 Å². The molecule has 2 aromatic rings. The molecule has 0 saturated carbocycles. The Morgan fingerprint density at radius 3 is 2.94 bits per heavy atom. The number of nitrogens with zero attached hydrogens (tertiary/aromatic N) is 2. The molecule has 0 spiro atoms. The molecule has 0 aliphatic heterocycles. The third kappa shape index (κ3) is 2.09. The van der Waals surface area contributed by atoms with Crippen molar-refractivity contribution >= 4 is 0 Å². The van der Waals surface area contributed by atoms with Crippen molar-refractivity contribution in [2.75, 3.05) is 0 Å². The molecule has 0 aliphatic carbocycles. The minimum atomic E-state index is -1.28. The zero-order valence-electron chi connectivity index (χ0n) is 8.72. The van der Waals surface area contributed by atoms with Gasteiger partial charge in [-0.25, -0.2) is 4.39 Å². The highest BCUT2D eigenvalue weighted by Gasteiger charge is 2.13. The van der Waals surface area contributed by atoms with E-state index in [0.717, 1.165) is 5.56 Å². The number of aliphatic hydroxyl groups excluding tert-OH is 1. The van der Waals surface area contributed by atoms with Crippen LogP contribution in [0.25, 0.3) is 11.4 Å². The van der Waals surface area contributed by atoms with E-state index in [1.165, 1.54) is 6.92 Å². The molecule has 84 valence electrons. The normalized spacial score (nSPS) is 12.7. The summed E-state index contributed by atoms with van der Waals surface area (Å²) in [4.78, 5) is 3.92. The Morgan fingerprint density at radius 2 is 2.31 bits per heavy atom. The van der Waals surface area contributed by atoms with E-state index in [4.69, 9.17) is 9.63 Å². The Hall–Kier alpha value is -1.75. The highest BCUT2D eigenvalue weighted by atomic mass is 19.1. The van der Waals surface area contributed by atoms with Gasteiger partial charge < -0.3 is 9.63 Å². The summed E-state index contributed by atoms with van der Waals surface area (Å²) in [5, 5.41) is 12.7. The van der Waals surface area contributed by atoms with Gasteiger partial charge in [-0.05, 0) is 18.6 Å². The minimum Gasteiger partial charge on any atom is -0.392 e. The van der Waals surface area contributed by atoms with Crippen LogP contribution in [-0.4, -0.2) is 15.2 Å². The van der Waals surface area contributed by atoms with Gasteiger partial charge in [-0.15, -0.1) is 0 Å². The Bertz CT molecular complexity index is 482. The average Bonchev–Trinajstić information content (AvgIpc) is 2.78. The molecular weight excluding hydrogens is 211 g/mol. The number of rotatable bonds is 3. The lowest BCUT2D eigenvalue weighted by Gasteiger charge is -1.97. The summed E-state index contributed by atoms with van der Waals surface area (Å²) in [6.07, 6.45) is -1.28. The van der Waals surface area contributed by atoms with E-state index in [0.29, 0.717) is 11.4 Å². The maximum atomic E-state index is 12.9. The van der Waals surface area contributed by atoms with Crippen molar-refractivity contribution in [3.05, 3.63) is 35.7 Å². The first-order valence-electron chi connectivity index (χ1n) is 4.88. The number of aliphatic hydroxyl groups is 1. The number of hydrogen-bond donors (Lipinski definition) is 1. The lowest BCUT2D eigenvalue weighted by Crippen LogP contribution is -1.87. The molecule has 0 fully saturated rings. The van der Waals surface area contributed by atoms with Crippen LogP contribution in [0.5, 0.6) is 0 Å². The Kier molecular flexibility index (Phi) is 2.96. The van der Waals surface area contributed by atoms with E-state index in [9.17, 15) is 4.39 Å². The molecule has 0 amide bonds. The van der Waals surface area contributed by atoms with Crippen LogP contribution in [0.4, 0.5) is 4.39 Å². The molecule has 1 heterocycles. The molecule has 0 radical (unpaired) electrons. The maximum Gasteiger partial charge on any atom is 0.261 e. The van der Waals surface area contributed by atoms with Gasteiger partial charge in [0.1, 0.15) is 0 Å². The largest absolute Gasteiger partial charge is 0.392 e. The van der Waals surface area contributed by atoms with Crippen LogP contribution in [-0.2, 0) is 6.61 Å². The van der Waals surface area contributed by atoms with Crippen molar-refractivity contribution in [1.82, 2.24) is 10.1 Å². The fourth-order valence-corrected chi connectivity index (χ4v) is 1.32. The molecule has 16 heavy (non-hydrogen) atoms. The molecule has 1 unspecified atom stereocenters. The molecule has 1 N–H and O–H groups in total. The Balaban J connectivity index is 2.34. The zero-order chi connectivity index (χ0) is 11.5. The van der Waals surface area contributed by atoms with Crippen LogP contribution in [0.2, 0.25) is 0 Å². The van der Waals surface area contributed by atoms with Gasteiger partial charge in [-0.3, -0.25) is 0 Å². The quantitative estimate of drug-likeness (QED) is 0.865. The first kappa shape index (κ1) is 10.8. The van der Waals surface area contributed by atoms with Gasteiger partial charge in [0.05, 0.1) is 6.61 Å². The van der Waals surface area contributed by atoms with Crippen molar-refractivity contribution in [1.29, 1.82) is 0 Å². The van der Waals surface area contributed by atoms with Crippen molar-refractivity contribution in [2.24, 2.45) is 0 Å². The van der Waals surface area contributed by atoms with Crippen LogP contribution in [0.3, 0.4) is 0 Å². The van der Waals surface area contributed by atoms with E-state index in [2.05, 4.69) is 10.1 Å². The van der Waals surface area contributed by atoms with Gasteiger partial charge in [0.25, 0.3) is 5.89 Å². The summed E-state index contributed by atoms with van der Waals surface area (Å²) in [6.45, 7) is 1.28. The van der Waals surface area contributed by atoms with Crippen LogP contribution >= 0.6 is 0 Å². The number of benzene rings is 1. The lowest BCUT2D eigenvalue weighted by molar-refractivity contribution is 0.265. The SMILES string of the molecule is CC(F)c1nc(-c2cccc(CO)c2)no1. The highest BCUT2D eigenvalue weighted by molar-refractivity contribution is 5.55. The maximum absolute atomic E-state index is 12.9. The van der Waals surface area contributed by atoms with Crippen LogP contribution in [0.15, 0.2) is 28.8 Å². The Morgan fingerprint density at radius 1 is 1.50 bits per heavy atom. The number of alkyl halides is 1. The summed E-state index contributed by atoms with van der Waals surface area (Å²) < 4.78 is 17.6. The topological polar surface area (TPSA) is 59.2 Å². The Labute approximate surface area is 91.7 Å². The summed E-state index contributed by atoms with van der Waals surface area (Å²) in [5.41, 5.74) is 1.44. The molecule has 0 bridgehead atoms. The lowest BCUT2D eigenvalue weighted by atomic mass is 10.1. The van der Waals surface area contributed by atoms with Gasteiger partial charge in [0.2, 0.25) is 5.82 Å². The second-order valence-electron chi connectivity index (χ2n) is 3.43. The fourth-order valence-electron chi connectivity index (χ4n) is 1.32. The minimum absolute atomic E-state index is 0.0376. The van der Waals surface area contributed by atoms with Crippen LogP contribution in [0.1, 0.15) is 24.5 Å². The molecule has 4 nitrogen and oxygen atoms in total. The monoisotopic (exact) mass is 222 g/mol. The van der Waals surface area contributed by atoms with Gasteiger partial charge in [0.15, 0.2) is 6.17 Å². The predicted octanol–water partition coefficient (Wildman–Crippen LogP) is 2.26. The van der Waals surface area contributed by atoms with E-state index in [-0.39, 0.29) is 12.5 Å². The predicted molar refractivity (Wildman–Crippen MR) is 55.2 cm³/mol. The first-order chi connectivity index (χ1) is 7.70. The van der Waals surface area contributed by atoms with E-state index in [1.54, 1.807) is 24.3 Å². The van der Waals surface area contributed by atoms with E-state index < -0.39 is 6.17 Å². The van der Waals surface area contributed by atoms with Crippen molar-refractivity contribution in [3.8, 4) is 11.4 Å². The van der Waals surface area contributed by atoms with Gasteiger partial charge >= 0.3 is 0 Å². The summed E-state index contributed by atoms with van der Waals surface area (Å²) in [5.74, 6) is 0.291. The second kappa shape index (κ2) is 4.40. The number of aromatic nitrogens is 2. The molecule has 0 saturated heterocycles. The molecule has 1 aromatic carbocycles. The van der Waals surface area contributed by atoms with Crippen LogP contribution < -0.4 is 0 Å². The van der Waals surface area contributed by atoms with Crippen molar-refractivity contribution in [3.63, 3.8) is 0 Å². The van der Waals surface area contributed by atoms with Gasteiger partial charge in [0, 0.05) is 5.56 Å².